The molecule has 0 aliphatic heterocycles. The number of benzene rings is 3. The summed E-state index contributed by atoms with van der Waals surface area (Å²) in [7, 11) is 0. The minimum Gasteiger partial charge on any atom is -0.493 e. The average Bonchev–Trinajstić information content (AvgIpc) is 2.83. The zero-order chi connectivity index (χ0) is 24.2. The second kappa shape index (κ2) is 9.70. The Kier molecular flexibility index (Phi) is 6.54. The molecule has 0 saturated heterocycles. The van der Waals surface area contributed by atoms with Gasteiger partial charge in [-0.3, -0.25) is 19.2 Å². The molecule has 0 spiro atoms. The fourth-order valence-corrected chi connectivity index (χ4v) is 3.69. The van der Waals surface area contributed by atoms with Crippen LogP contribution in [0.4, 0.5) is 5.69 Å². The molecule has 1 N–H and O–H groups in total. The van der Waals surface area contributed by atoms with Crippen molar-refractivity contribution >= 4 is 29.1 Å². The number of ether oxygens (including phenoxy) is 2. The highest BCUT2D eigenvalue weighted by molar-refractivity contribution is 6.28. The fraction of sp³-hybridized carbons (Fsp3) is 0.185. The number of esters is 1. The Balaban J connectivity index is 1.34. The first kappa shape index (κ1) is 22.9. The number of hydrogen-bond donors (Lipinski definition) is 1. The van der Waals surface area contributed by atoms with Gasteiger partial charge in [-0.05, 0) is 43.7 Å². The molecule has 0 heterocycles. The minimum absolute atomic E-state index is 0.0131. The summed E-state index contributed by atoms with van der Waals surface area (Å²) < 4.78 is 10.8. The first-order valence-electron chi connectivity index (χ1n) is 10.9. The first-order chi connectivity index (χ1) is 16.3. The largest absolute Gasteiger partial charge is 0.493 e. The molecule has 7 heteroatoms. The lowest BCUT2D eigenvalue weighted by molar-refractivity contribution is -0.153. The third kappa shape index (κ3) is 4.73. The number of amides is 1. The lowest BCUT2D eigenvalue weighted by atomic mass is 9.84. The molecule has 1 aliphatic carbocycles. The molecular weight excluding hydrogens is 434 g/mol. The Labute approximate surface area is 196 Å². The molecule has 0 radical (unpaired) electrons. The number of rotatable bonds is 7. The van der Waals surface area contributed by atoms with Crippen LogP contribution in [0.1, 0.15) is 50.8 Å². The molecule has 172 valence electrons. The minimum atomic E-state index is -1.06. The summed E-state index contributed by atoms with van der Waals surface area (Å²) in [5.41, 5.74) is 2.49. The molecule has 0 bridgehead atoms. The summed E-state index contributed by atoms with van der Waals surface area (Å²) in [4.78, 5) is 50.2. The SMILES string of the molecule is Cc1ccccc1OCCC(=O)OC(C)C(=O)Nc1ccc2c(c1)C(=O)c1ccccc1C2=O. The van der Waals surface area contributed by atoms with Gasteiger partial charge in [0.1, 0.15) is 5.75 Å². The van der Waals surface area contributed by atoms with Crippen LogP contribution in [0, 0.1) is 6.92 Å². The molecular formula is C27H23NO6. The van der Waals surface area contributed by atoms with Crippen LogP contribution in [0.25, 0.3) is 0 Å². The molecule has 3 aromatic rings. The quantitative estimate of drug-likeness (QED) is 0.420. The molecule has 0 fully saturated rings. The number of para-hydroxylation sites is 1. The lowest BCUT2D eigenvalue weighted by Gasteiger charge is -2.19. The van der Waals surface area contributed by atoms with Gasteiger partial charge in [0.2, 0.25) is 0 Å². The summed E-state index contributed by atoms with van der Waals surface area (Å²) in [6, 6.07) is 18.6. The molecule has 3 aromatic carbocycles. The van der Waals surface area contributed by atoms with Crippen molar-refractivity contribution in [2.24, 2.45) is 0 Å². The molecule has 34 heavy (non-hydrogen) atoms. The molecule has 1 atom stereocenters. The normalized spacial score (nSPS) is 12.9. The smallest absolute Gasteiger partial charge is 0.310 e. The van der Waals surface area contributed by atoms with Crippen molar-refractivity contribution in [3.05, 3.63) is 94.5 Å². The van der Waals surface area contributed by atoms with Gasteiger partial charge in [0.05, 0.1) is 13.0 Å². The van der Waals surface area contributed by atoms with E-state index in [9.17, 15) is 19.2 Å². The van der Waals surface area contributed by atoms with E-state index < -0.39 is 18.0 Å². The van der Waals surface area contributed by atoms with E-state index in [-0.39, 0.29) is 35.7 Å². The van der Waals surface area contributed by atoms with Gasteiger partial charge >= 0.3 is 5.97 Å². The maximum atomic E-state index is 12.8. The van der Waals surface area contributed by atoms with Crippen molar-refractivity contribution in [2.75, 3.05) is 11.9 Å². The topological polar surface area (TPSA) is 98.8 Å². The molecule has 4 rings (SSSR count). The zero-order valence-corrected chi connectivity index (χ0v) is 18.8. The van der Waals surface area contributed by atoms with Crippen LogP contribution < -0.4 is 10.1 Å². The molecule has 1 unspecified atom stereocenters. The summed E-state index contributed by atoms with van der Waals surface area (Å²) in [6.07, 6.45) is -1.07. The Morgan fingerprint density at radius 1 is 0.853 bits per heavy atom. The van der Waals surface area contributed by atoms with Crippen LogP contribution in [-0.4, -0.2) is 36.2 Å². The summed E-state index contributed by atoms with van der Waals surface area (Å²) >= 11 is 0. The summed E-state index contributed by atoms with van der Waals surface area (Å²) in [5.74, 6) is -0.959. The van der Waals surface area contributed by atoms with Crippen molar-refractivity contribution in [3.8, 4) is 5.75 Å². The van der Waals surface area contributed by atoms with Crippen molar-refractivity contribution in [2.45, 2.75) is 26.4 Å². The standard InChI is InChI=1S/C27H23NO6/c1-16-7-3-6-10-23(16)33-14-13-24(29)34-17(2)27(32)28-18-11-12-21-22(15-18)26(31)20-9-5-4-8-19(20)25(21)30/h3-12,15,17H,13-14H2,1-2H3,(H,28,32). The van der Waals surface area contributed by atoms with E-state index in [0.29, 0.717) is 22.6 Å². The van der Waals surface area contributed by atoms with Crippen molar-refractivity contribution in [3.63, 3.8) is 0 Å². The van der Waals surface area contributed by atoms with E-state index in [1.54, 1.807) is 30.3 Å². The zero-order valence-electron chi connectivity index (χ0n) is 18.8. The molecule has 1 aliphatic rings. The highest BCUT2D eigenvalue weighted by atomic mass is 16.5. The predicted octanol–water partition coefficient (Wildman–Crippen LogP) is 4.11. The number of ketones is 2. The maximum Gasteiger partial charge on any atom is 0.310 e. The second-order valence-corrected chi connectivity index (χ2v) is 7.95. The first-order valence-corrected chi connectivity index (χ1v) is 10.9. The number of hydrogen-bond acceptors (Lipinski definition) is 6. The Hall–Kier alpha value is -4.26. The van der Waals surface area contributed by atoms with Gasteiger partial charge in [-0.15, -0.1) is 0 Å². The molecule has 0 saturated carbocycles. The monoisotopic (exact) mass is 457 g/mol. The lowest BCUT2D eigenvalue weighted by Crippen LogP contribution is -2.30. The van der Waals surface area contributed by atoms with Gasteiger partial charge in [-0.2, -0.15) is 0 Å². The van der Waals surface area contributed by atoms with E-state index in [4.69, 9.17) is 9.47 Å². The molecule has 7 nitrogen and oxygen atoms in total. The molecule has 0 aromatic heterocycles. The van der Waals surface area contributed by atoms with Crippen molar-refractivity contribution < 1.29 is 28.7 Å². The van der Waals surface area contributed by atoms with E-state index in [1.807, 2.05) is 31.2 Å². The number of nitrogens with one attached hydrogen (secondary N) is 1. The number of aryl methyl sites for hydroxylation is 1. The van der Waals surface area contributed by atoms with Gasteiger partial charge in [0.15, 0.2) is 17.7 Å². The Morgan fingerprint density at radius 3 is 2.18 bits per heavy atom. The van der Waals surface area contributed by atoms with Crippen molar-refractivity contribution in [1.82, 2.24) is 0 Å². The van der Waals surface area contributed by atoms with Gasteiger partial charge in [0.25, 0.3) is 5.91 Å². The van der Waals surface area contributed by atoms with Gasteiger partial charge in [-0.25, -0.2) is 0 Å². The van der Waals surface area contributed by atoms with Crippen LogP contribution in [0.2, 0.25) is 0 Å². The van der Waals surface area contributed by atoms with Crippen molar-refractivity contribution in [1.29, 1.82) is 0 Å². The Morgan fingerprint density at radius 2 is 1.47 bits per heavy atom. The van der Waals surface area contributed by atoms with Gasteiger partial charge in [-0.1, -0.05) is 42.5 Å². The second-order valence-electron chi connectivity index (χ2n) is 7.95. The number of carbonyl (C=O) groups excluding carboxylic acids is 4. The number of anilines is 1. The maximum absolute atomic E-state index is 12.8. The highest BCUT2D eigenvalue weighted by Gasteiger charge is 2.29. The van der Waals surface area contributed by atoms with Crippen LogP contribution in [0.5, 0.6) is 5.75 Å². The number of carbonyl (C=O) groups is 4. The van der Waals surface area contributed by atoms with Gasteiger partial charge < -0.3 is 14.8 Å². The van der Waals surface area contributed by atoms with Crippen LogP contribution in [0.15, 0.2) is 66.7 Å². The van der Waals surface area contributed by atoms with E-state index in [0.717, 1.165) is 5.56 Å². The van der Waals surface area contributed by atoms with E-state index in [1.165, 1.54) is 19.1 Å². The number of fused-ring (bicyclic) bond motifs is 2. The van der Waals surface area contributed by atoms with E-state index >= 15 is 0 Å². The average molecular weight is 457 g/mol. The highest BCUT2D eigenvalue weighted by Crippen LogP contribution is 2.29. The molecule has 1 amide bonds. The fourth-order valence-electron chi connectivity index (χ4n) is 3.69. The van der Waals surface area contributed by atoms with Crippen LogP contribution in [-0.2, 0) is 14.3 Å². The van der Waals surface area contributed by atoms with E-state index in [2.05, 4.69) is 5.32 Å². The third-order valence-corrected chi connectivity index (χ3v) is 5.53. The third-order valence-electron chi connectivity index (χ3n) is 5.53. The predicted molar refractivity (Wildman–Crippen MR) is 125 cm³/mol. The Bertz CT molecular complexity index is 1300. The van der Waals surface area contributed by atoms with Gasteiger partial charge in [0, 0.05) is 27.9 Å². The van der Waals surface area contributed by atoms with Crippen LogP contribution >= 0.6 is 0 Å². The van der Waals surface area contributed by atoms with Crippen LogP contribution in [0.3, 0.4) is 0 Å². The summed E-state index contributed by atoms with van der Waals surface area (Å²) in [6.45, 7) is 3.49. The summed E-state index contributed by atoms with van der Waals surface area (Å²) in [5, 5.41) is 2.64.